The molecule has 1 heterocycles. The van der Waals surface area contributed by atoms with Crippen LogP contribution in [0.15, 0.2) is 36.4 Å². The molecule has 0 atom stereocenters. The van der Waals surface area contributed by atoms with Gasteiger partial charge in [-0.3, -0.25) is 4.79 Å². The number of anilines is 2. The van der Waals surface area contributed by atoms with Crippen LogP contribution in [0.5, 0.6) is 0 Å². The van der Waals surface area contributed by atoms with Gasteiger partial charge < -0.3 is 10.6 Å². The predicted octanol–water partition coefficient (Wildman–Crippen LogP) is 3.90. The Balaban J connectivity index is 0.00000176. The van der Waals surface area contributed by atoms with Gasteiger partial charge >= 0.3 is 0 Å². The maximum Gasteiger partial charge on any atom is 0.258 e. The number of aryl methyl sites for hydroxylation is 3. The van der Waals surface area contributed by atoms with Crippen LogP contribution in [0.2, 0.25) is 0 Å². The van der Waals surface area contributed by atoms with E-state index in [1.54, 1.807) is 6.07 Å². The standard InChI is InChI=1S/C18H20N2O.ClH/c1-12-5-7-14-4-3-9-20(17(14)10-12)18(21)16-11-15(19)8-6-13(16)2;/h5-8,10-11H,3-4,9,19H2,1-2H3;1H. The highest BCUT2D eigenvalue weighted by Crippen LogP contribution is 2.30. The Hall–Kier alpha value is -2.00. The summed E-state index contributed by atoms with van der Waals surface area (Å²) in [6, 6.07) is 11.9. The van der Waals surface area contributed by atoms with E-state index in [0.29, 0.717) is 11.3 Å². The topological polar surface area (TPSA) is 46.3 Å². The van der Waals surface area contributed by atoms with E-state index < -0.39 is 0 Å². The van der Waals surface area contributed by atoms with Crippen LogP contribution in [-0.4, -0.2) is 12.5 Å². The highest BCUT2D eigenvalue weighted by molar-refractivity contribution is 6.08. The molecule has 0 aromatic heterocycles. The molecule has 0 saturated heterocycles. The Morgan fingerprint density at radius 1 is 1.14 bits per heavy atom. The number of nitrogen functional groups attached to an aromatic ring is 1. The second kappa shape index (κ2) is 6.41. The zero-order chi connectivity index (χ0) is 15.0. The number of benzene rings is 2. The summed E-state index contributed by atoms with van der Waals surface area (Å²) in [6.45, 7) is 4.78. The lowest BCUT2D eigenvalue weighted by atomic mass is 9.98. The van der Waals surface area contributed by atoms with Crippen molar-refractivity contribution in [1.29, 1.82) is 0 Å². The Morgan fingerprint density at radius 3 is 2.68 bits per heavy atom. The van der Waals surface area contributed by atoms with Crippen molar-refractivity contribution in [2.24, 2.45) is 0 Å². The van der Waals surface area contributed by atoms with Gasteiger partial charge in [0.05, 0.1) is 0 Å². The van der Waals surface area contributed by atoms with Gasteiger partial charge in [0.25, 0.3) is 5.91 Å². The molecule has 1 aliphatic heterocycles. The molecule has 2 aromatic carbocycles. The monoisotopic (exact) mass is 316 g/mol. The maximum absolute atomic E-state index is 12.9. The minimum Gasteiger partial charge on any atom is -0.399 e. The first kappa shape index (κ1) is 16.4. The SMILES string of the molecule is Cc1ccc2c(c1)N(C(=O)c1cc(N)ccc1C)CCC2.Cl. The molecule has 116 valence electrons. The molecule has 0 aliphatic carbocycles. The Bertz CT molecular complexity index is 712. The van der Waals surface area contributed by atoms with Crippen molar-refractivity contribution in [3.63, 3.8) is 0 Å². The molecule has 2 N–H and O–H groups in total. The number of carbonyl (C=O) groups excluding carboxylic acids is 1. The van der Waals surface area contributed by atoms with Gasteiger partial charge in [0.2, 0.25) is 0 Å². The van der Waals surface area contributed by atoms with Crippen LogP contribution in [0.25, 0.3) is 0 Å². The molecule has 0 fully saturated rings. The summed E-state index contributed by atoms with van der Waals surface area (Å²) in [6.07, 6.45) is 2.04. The van der Waals surface area contributed by atoms with Crippen LogP contribution >= 0.6 is 12.4 Å². The minimum absolute atomic E-state index is 0. The molecule has 1 aliphatic rings. The van der Waals surface area contributed by atoms with Crippen molar-refractivity contribution in [1.82, 2.24) is 0 Å². The van der Waals surface area contributed by atoms with Gasteiger partial charge in [0.15, 0.2) is 0 Å². The van der Waals surface area contributed by atoms with Crippen LogP contribution in [0.1, 0.15) is 33.5 Å². The molecule has 0 unspecified atom stereocenters. The smallest absolute Gasteiger partial charge is 0.258 e. The van der Waals surface area contributed by atoms with Gasteiger partial charge in [-0.2, -0.15) is 0 Å². The fourth-order valence-electron chi connectivity index (χ4n) is 2.91. The Morgan fingerprint density at radius 2 is 1.91 bits per heavy atom. The largest absolute Gasteiger partial charge is 0.399 e. The van der Waals surface area contributed by atoms with Crippen molar-refractivity contribution < 1.29 is 4.79 Å². The van der Waals surface area contributed by atoms with E-state index in [-0.39, 0.29) is 18.3 Å². The van der Waals surface area contributed by atoms with Crippen LogP contribution in [0, 0.1) is 13.8 Å². The number of hydrogen-bond acceptors (Lipinski definition) is 2. The first-order valence-electron chi connectivity index (χ1n) is 7.34. The molecule has 0 spiro atoms. The van der Waals surface area contributed by atoms with Crippen LogP contribution < -0.4 is 10.6 Å². The van der Waals surface area contributed by atoms with Crippen molar-refractivity contribution in [3.05, 3.63) is 58.7 Å². The first-order chi connectivity index (χ1) is 10.1. The summed E-state index contributed by atoms with van der Waals surface area (Å²) in [5.74, 6) is 0.0475. The second-order valence-electron chi connectivity index (χ2n) is 5.77. The lowest BCUT2D eigenvalue weighted by Gasteiger charge is -2.30. The van der Waals surface area contributed by atoms with E-state index in [1.807, 2.05) is 24.0 Å². The van der Waals surface area contributed by atoms with E-state index in [2.05, 4.69) is 25.1 Å². The summed E-state index contributed by atoms with van der Waals surface area (Å²) in [5.41, 5.74) is 11.6. The molecular weight excluding hydrogens is 296 g/mol. The molecule has 0 radical (unpaired) electrons. The predicted molar refractivity (Wildman–Crippen MR) is 94.0 cm³/mol. The Labute approximate surface area is 137 Å². The van der Waals surface area contributed by atoms with Gasteiger partial charge in [-0.25, -0.2) is 0 Å². The van der Waals surface area contributed by atoms with Crippen molar-refractivity contribution in [3.8, 4) is 0 Å². The normalized spacial score (nSPS) is 13.3. The van der Waals surface area contributed by atoms with Crippen LogP contribution in [0.4, 0.5) is 11.4 Å². The molecule has 3 rings (SSSR count). The quantitative estimate of drug-likeness (QED) is 0.811. The summed E-state index contributed by atoms with van der Waals surface area (Å²) in [7, 11) is 0. The lowest BCUT2D eigenvalue weighted by Crippen LogP contribution is -2.36. The number of carbonyl (C=O) groups is 1. The highest BCUT2D eigenvalue weighted by atomic mass is 35.5. The molecule has 22 heavy (non-hydrogen) atoms. The average Bonchev–Trinajstić information content (AvgIpc) is 2.48. The molecule has 0 bridgehead atoms. The van der Waals surface area contributed by atoms with Crippen molar-refractivity contribution in [2.45, 2.75) is 26.7 Å². The molecule has 4 heteroatoms. The highest BCUT2D eigenvalue weighted by Gasteiger charge is 2.24. The number of amides is 1. The third kappa shape index (κ3) is 2.95. The zero-order valence-electron chi connectivity index (χ0n) is 12.9. The molecular formula is C18H21ClN2O. The molecule has 0 saturated carbocycles. The van der Waals surface area contributed by atoms with Gasteiger partial charge in [-0.05, 0) is 61.6 Å². The first-order valence-corrected chi connectivity index (χ1v) is 7.34. The van der Waals surface area contributed by atoms with Gasteiger partial charge in [-0.1, -0.05) is 18.2 Å². The number of hydrogen-bond donors (Lipinski definition) is 1. The third-order valence-electron chi connectivity index (χ3n) is 4.10. The van der Waals surface area contributed by atoms with E-state index in [9.17, 15) is 4.79 Å². The van der Waals surface area contributed by atoms with Gasteiger partial charge in [0, 0.05) is 23.5 Å². The fraction of sp³-hybridized carbons (Fsp3) is 0.278. The van der Waals surface area contributed by atoms with E-state index in [4.69, 9.17) is 5.73 Å². The van der Waals surface area contributed by atoms with E-state index in [0.717, 1.165) is 30.6 Å². The number of nitrogens with two attached hydrogens (primary N) is 1. The number of nitrogens with zero attached hydrogens (tertiary/aromatic N) is 1. The third-order valence-corrected chi connectivity index (χ3v) is 4.10. The minimum atomic E-state index is 0. The number of halogens is 1. The number of rotatable bonds is 1. The fourth-order valence-corrected chi connectivity index (χ4v) is 2.91. The second-order valence-corrected chi connectivity index (χ2v) is 5.77. The van der Waals surface area contributed by atoms with Gasteiger partial charge in [0.1, 0.15) is 0 Å². The number of fused-ring (bicyclic) bond motifs is 1. The van der Waals surface area contributed by atoms with E-state index >= 15 is 0 Å². The summed E-state index contributed by atoms with van der Waals surface area (Å²) >= 11 is 0. The molecule has 2 aromatic rings. The Kier molecular flexibility index (Phi) is 4.77. The average molecular weight is 317 g/mol. The van der Waals surface area contributed by atoms with E-state index in [1.165, 1.54) is 11.1 Å². The summed E-state index contributed by atoms with van der Waals surface area (Å²) < 4.78 is 0. The van der Waals surface area contributed by atoms with Crippen LogP contribution in [0.3, 0.4) is 0 Å². The van der Waals surface area contributed by atoms with Crippen molar-refractivity contribution >= 4 is 29.7 Å². The van der Waals surface area contributed by atoms with Crippen LogP contribution in [-0.2, 0) is 6.42 Å². The summed E-state index contributed by atoms with van der Waals surface area (Å²) in [5, 5.41) is 0. The summed E-state index contributed by atoms with van der Waals surface area (Å²) in [4.78, 5) is 14.8. The lowest BCUT2D eigenvalue weighted by molar-refractivity contribution is 0.0984. The zero-order valence-corrected chi connectivity index (χ0v) is 13.7. The van der Waals surface area contributed by atoms with Crippen molar-refractivity contribution in [2.75, 3.05) is 17.2 Å². The maximum atomic E-state index is 12.9. The van der Waals surface area contributed by atoms with Gasteiger partial charge in [-0.15, -0.1) is 12.4 Å². The molecule has 3 nitrogen and oxygen atoms in total. The molecule has 1 amide bonds.